The van der Waals surface area contributed by atoms with Gasteiger partial charge in [-0.05, 0) is 57.1 Å². The SMILES string of the molecule is NC(CCCO)Cc1ccc2ccc3cccc4ccc1c2c34. The highest BCUT2D eigenvalue weighted by atomic mass is 16.2. The molecule has 0 spiro atoms. The summed E-state index contributed by atoms with van der Waals surface area (Å²) in [6.07, 6.45) is 2.49. The van der Waals surface area contributed by atoms with Gasteiger partial charge >= 0.3 is 0 Å². The van der Waals surface area contributed by atoms with Gasteiger partial charge in [0.25, 0.3) is 0 Å². The average molecular weight is 303 g/mol. The molecule has 2 nitrogen and oxygen atoms in total. The Morgan fingerprint density at radius 1 is 0.826 bits per heavy atom. The maximum atomic E-state index is 8.98. The van der Waals surface area contributed by atoms with Crippen LogP contribution in [0.4, 0.5) is 0 Å². The van der Waals surface area contributed by atoms with Gasteiger partial charge in [-0.2, -0.15) is 0 Å². The molecule has 0 aliphatic carbocycles. The fourth-order valence-electron chi connectivity index (χ4n) is 3.71. The van der Waals surface area contributed by atoms with E-state index in [2.05, 4.69) is 54.6 Å². The molecule has 1 atom stereocenters. The van der Waals surface area contributed by atoms with Crippen LogP contribution in [0.3, 0.4) is 0 Å². The van der Waals surface area contributed by atoms with Gasteiger partial charge in [-0.15, -0.1) is 0 Å². The first kappa shape index (κ1) is 14.4. The Labute approximate surface area is 135 Å². The number of benzene rings is 4. The molecule has 4 rings (SSSR count). The van der Waals surface area contributed by atoms with E-state index in [0.717, 1.165) is 19.3 Å². The van der Waals surface area contributed by atoms with Gasteiger partial charge in [-0.3, -0.25) is 0 Å². The highest BCUT2D eigenvalue weighted by Crippen LogP contribution is 2.36. The van der Waals surface area contributed by atoms with E-state index in [1.165, 1.54) is 37.9 Å². The Kier molecular flexibility index (Phi) is 3.64. The van der Waals surface area contributed by atoms with Gasteiger partial charge in [-0.1, -0.05) is 54.6 Å². The first-order chi connectivity index (χ1) is 11.3. The Hall–Kier alpha value is -2.16. The van der Waals surface area contributed by atoms with Crippen LogP contribution in [0, 0.1) is 0 Å². The molecule has 116 valence electrons. The van der Waals surface area contributed by atoms with E-state index in [9.17, 15) is 0 Å². The molecule has 0 heterocycles. The van der Waals surface area contributed by atoms with Gasteiger partial charge in [0.15, 0.2) is 0 Å². The molecule has 0 aliphatic rings. The largest absolute Gasteiger partial charge is 0.396 e. The maximum absolute atomic E-state index is 8.98. The summed E-state index contributed by atoms with van der Waals surface area (Å²) >= 11 is 0. The highest BCUT2D eigenvalue weighted by molar-refractivity contribution is 6.23. The zero-order chi connectivity index (χ0) is 15.8. The molecule has 1 unspecified atom stereocenters. The van der Waals surface area contributed by atoms with Gasteiger partial charge in [0, 0.05) is 12.6 Å². The van der Waals surface area contributed by atoms with Gasteiger partial charge in [0.05, 0.1) is 0 Å². The zero-order valence-corrected chi connectivity index (χ0v) is 13.1. The minimum Gasteiger partial charge on any atom is -0.396 e. The van der Waals surface area contributed by atoms with Crippen molar-refractivity contribution < 1.29 is 5.11 Å². The first-order valence-corrected chi connectivity index (χ1v) is 8.30. The van der Waals surface area contributed by atoms with E-state index >= 15 is 0 Å². The molecule has 0 aromatic heterocycles. The topological polar surface area (TPSA) is 46.2 Å². The summed E-state index contributed by atoms with van der Waals surface area (Å²) < 4.78 is 0. The normalized spacial score (nSPS) is 13.3. The number of rotatable bonds is 5. The van der Waals surface area contributed by atoms with Crippen molar-refractivity contribution in [2.45, 2.75) is 25.3 Å². The van der Waals surface area contributed by atoms with Crippen LogP contribution in [0.1, 0.15) is 18.4 Å². The van der Waals surface area contributed by atoms with Gasteiger partial charge < -0.3 is 10.8 Å². The number of hydrogen-bond acceptors (Lipinski definition) is 2. The fraction of sp³-hybridized carbons (Fsp3) is 0.238. The molecule has 0 bridgehead atoms. The Morgan fingerprint density at radius 2 is 1.48 bits per heavy atom. The van der Waals surface area contributed by atoms with Crippen LogP contribution in [-0.4, -0.2) is 17.8 Å². The number of aliphatic hydroxyl groups excluding tert-OH is 1. The summed E-state index contributed by atoms with van der Waals surface area (Å²) in [4.78, 5) is 0. The molecule has 0 saturated heterocycles. The first-order valence-electron chi connectivity index (χ1n) is 8.30. The van der Waals surface area contributed by atoms with Gasteiger partial charge in [0.2, 0.25) is 0 Å². The lowest BCUT2D eigenvalue weighted by Gasteiger charge is -2.16. The second-order valence-corrected chi connectivity index (χ2v) is 6.41. The monoisotopic (exact) mass is 303 g/mol. The summed E-state index contributed by atoms with van der Waals surface area (Å²) in [7, 11) is 0. The summed E-state index contributed by atoms with van der Waals surface area (Å²) in [6, 6.07) is 19.9. The smallest absolute Gasteiger partial charge is 0.0431 e. The van der Waals surface area contributed by atoms with Crippen LogP contribution in [0.15, 0.2) is 54.6 Å². The van der Waals surface area contributed by atoms with E-state index in [-0.39, 0.29) is 12.6 Å². The van der Waals surface area contributed by atoms with Crippen molar-refractivity contribution >= 4 is 32.3 Å². The van der Waals surface area contributed by atoms with E-state index in [1.807, 2.05) is 0 Å². The zero-order valence-electron chi connectivity index (χ0n) is 13.1. The standard InChI is InChI=1S/C21H21NO/c22-18(5-2-12-23)13-17-9-8-16-7-6-14-3-1-4-15-10-11-19(17)21(16)20(14)15/h1,3-4,6-11,18,23H,2,5,12-13,22H2. The van der Waals surface area contributed by atoms with Crippen LogP contribution >= 0.6 is 0 Å². The van der Waals surface area contributed by atoms with Crippen molar-refractivity contribution in [3.05, 3.63) is 60.2 Å². The van der Waals surface area contributed by atoms with Crippen LogP contribution in [0.25, 0.3) is 32.3 Å². The molecule has 23 heavy (non-hydrogen) atoms. The number of hydrogen-bond donors (Lipinski definition) is 2. The average Bonchev–Trinajstić information content (AvgIpc) is 2.59. The molecular weight excluding hydrogens is 282 g/mol. The predicted molar refractivity (Wildman–Crippen MR) is 98.1 cm³/mol. The lowest BCUT2D eigenvalue weighted by atomic mass is 9.90. The maximum Gasteiger partial charge on any atom is 0.0431 e. The minimum atomic E-state index is 0.0978. The van der Waals surface area contributed by atoms with E-state index in [1.54, 1.807) is 0 Å². The van der Waals surface area contributed by atoms with Gasteiger partial charge in [-0.25, -0.2) is 0 Å². The fourth-order valence-corrected chi connectivity index (χ4v) is 3.71. The second-order valence-electron chi connectivity index (χ2n) is 6.41. The molecule has 2 heteroatoms. The van der Waals surface area contributed by atoms with E-state index < -0.39 is 0 Å². The van der Waals surface area contributed by atoms with Crippen molar-refractivity contribution in [3.63, 3.8) is 0 Å². The number of aliphatic hydroxyl groups is 1. The molecular formula is C21H21NO. The quantitative estimate of drug-likeness (QED) is 0.542. The van der Waals surface area contributed by atoms with Crippen molar-refractivity contribution in [3.8, 4) is 0 Å². The summed E-state index contributed by atoms with van der Waals surface area (Å²) in [5.41, 5.74) is 7.56. The van der Waals surface area contributed by atoms with Gasteiger partial charge in [0.1, 0.15) is 0 Å². The molecule has 0 amide bonds. The number of nitrogens with two attached hydrogens (primary N) is 1. The third-order valence-corrected chi connectivity index (χ3v) is 4.83. The van der Waals surface area contributed by atoms with Crippen LogP contribution in [0.2, 0.25) is 0 Å². The van der Waals surface area contributed by atoms with Crippen LogP contribution in [0.5, 0.6) is 0 Å². The third kappa shape index (κ3) is 2.44. The molecule has 0 aliphatic heterocycles. The summed E-state index contributed by atoms with van der Waals surface area (Å²) in [6.45, 7) is 0.214. The minimum absolute atomic E-state index is 0.0978. The highest BCUT2D eigenvalue weighted by Gasteiger charge is 2.12. The summed E-state index contributed by atoms with van der Waals surface area (Å²) in [5.74, 6) is 0. The Bertz CT molecular complexity index is 944. The molecule has 4 aromatic carbocycles. The Balaban J connectivity index is 1.89. The lowest BCUT2D eigenvalue weighted by Crippen LogP contribution is -2.23. The van der Waals surface area contributed by atoms with Crippen molar-refractivity contribution in [1.82, 2.24) is 0 Å². The summed E-state index contributed by atoms with van der Waals surface area (Å²) in [5, 5.41) is 16.9. The molecule has 0 fully saturated rings. The molecule has 0 radical (unpaired) electrons. The van der Waals surface area contributed by atoms with E-state index in [0.29, 0.717) is 0 Å². The second kappa shape index (κ2) is 5.80. The molecule has 0 saturated carbocycles. The van der Waals surface area contributed by atoms with Crippen molar-refractivity contribution in [2.75, 3.05) is 6.61 Å². The predicted octanol–water partition coefficient (Wildman–Crippen LogP) is 4.23. The lowest BCUT2D eigenvalue weighted by molar-refractivity contribution is 0.279. The van der Waals surface area contributed by atoms with E-state index in [4.69, 9.17) is 10.8 Å². The van der Waals surface area contributed by atoms with Crippen LogP contribution < -0.4 is 5.73 Å². The van der Waals surface area contributed by atoms with Crippen molar-refractivity contribution in [1.29, 1.82) is 0 Å². The van der Waals surface area contributed by atoms with Crippen LogP contribution in [-0.2, 0) is 6.42 Å². The third-order valence-electron chi connectivity index (χ3n) is 4.83. The molecule has 3 N–H and O–H groups in total. The molecule has 4 aromatic rings. The van der Waals surface area contributed by atoms with Crippen molar-refractivity contribution in [2.24, 2.45) is 5.73 Å². The Morgan fingerprint density at radius 3 is 2.22 bits per heavy atom.